The van der Waals surface area contributed by atoms with Crippen LogP contribution in [0.3, 0.4) is 0 Å². The third kappa shape index (κ3) is 2.22. The van der Waals surface area contributed by atoms with E-state index in [-0.39, 0.29) is 17.2 Å². The van der Waals surface area contributed by atoms with Crippen LogP contribution in [-0.2, 0) is 0 Å². The summed E-state index contributed by atoms with van der Waals surface area (Å²) in [7, 11) is 0. The molecule has 0 unspecified atom stereocenters. The molecule has 1 fully saturated rings. The van der Waals surface area contributed by atoms with Crippen molar-refractivity contribution in [2.75, 3.05) is 13.1 Å². The number of carbonyl (C=O) groups excluding carboxylic acids is 1. The summed E-state index contributed by atoms with van der Waals surface area (Å²) in [6.07, 6.45) is 1.67. The molecule has 0 bridgehead atoms. The molecule has 5 heteroatoms. The molecule has 0 spiro atoms. The summed E-state index contributed by atoms with van der Waals surface area (Å²) in [5, 5.41) is 0. The fourth-order valence-electron chi connectivity index (χ4n) is 2.31. The Kier molecular flexibility index (Phi) is 3.61. The molecule has 3 nitrogen and oxygen atoms in total. The van der Waals surface area contributed by atoms with Crippen molar-refractivity contribution in [2.45, 2.75) is 25.8 Å². The van der Waals surface area contributed by atoms with Gasteiger partial charge in [0, 0.05) is 19.1 Å². The Morgan fingerprint density at radius 1 is 1.44 bits per heavy atom. The number of nitrogens with two attached hydrogens (primary N) is 1. The van der Waals surface area contributed by atoms with Crippen LogP contribution in [0.4, 0.5) is 8.78 Å². The number of hydrogen-bond donors (Lipinski definition) is 1. The maximum absolute atomic E-state index is 13.7. The average molecular weight is 254 g/mol. The molecule has 0 radical (unpaired) electrons. The first-order chi connectivity index (χ1) is 8.54. The molecule has 0 saturated carbocycles. The van der Waals surface area contributed by atoms with Crippen LogP contribution in [0.25, 0.3) is 0 Å². The third-order valence-corrected chi connectivity index (χ3v) is 3.39. The molecule has 1 aromatic rings. The summed E-state index contributed by atoms with van der Waals surface area (Å²) in [6, 6.07) is 1.95. The van der Waals surface area contributed by atoms with Crippen LogP contribution in [0.15, 0.2) is 12.1 Å². The van der Waals surface area contributed by atoms with Crippen LogP contribution >= 0.6 is 0 Å². The van der Waals surface area contributed by atoms with Gasteiger partial charge in [-0.1, -0.05) is 0 Å². The van der Waals surface area contributed by atoms with Gasteiger partial charge in [0.2, 0.25) is 0 Å². The van der Waals surface area contributed by atoms with E-state index in [0.717, 1.165) is 25.0 Å². The van der Waals surface area contributed by atoms with Gasteiger partial charge in [0.25, 0.3) is 5.91 Å². The smallest absolute Gasteiger partial charge is 0.257 e. The summed E-state index contributed by atoms with van der Waals surface area (Å²) in [5.74, 6) is -1.72. The highest BCUT2D eigenvalue weighted by atomic mass is 19.1. The Bertz CT molecular complexity index is 476. The largest absolute Gasteiger partial charge is 0.334 e. The lowest BCUT2D eigenvalue weighted by Gasteiger charge is -2.23. The molecular weight excluding hydrogens is 238 g/mol. The number of benzene rings is 1. The van der Waals surface area contributed by atoms with E-state index in [9.17, 15) is 13.6 Å². The molecule has 1 saturated heterocycles. The lowest BCUT2D eigenvalue weighted by molar-refractivity contribution is 0.0736. The predicted molar refractivity (Wildman–Crippen MR) is 64.2 cm³/mol. The summed E-state index contributed by atoms with van der Waals surface area (Å²) in [6.45, 7) is 2.36. The molecule has 0 aromatic heterocycles. The van der Waals surface area contributed by atoms with Crippen molar-refractivity contribution in [3.05, 3.63) is 34.9 Å². The predicted octanol–water partition coefficient (Wildman–Crippen LogP) is 1.84. The van der Waals surface area contributed by atoms with Gasteiger partial charge in [-0.2, -0.15) is 0 Å². The zero-order valence-electron chi connectivity index (χ0n) is 10.2. The molecule has 2 N–H and O–H groups in total. The lowest BCUT2D eigenvalue weighted by atomic mass is 10.1. The topological polar surface area (TPSA) is 46.3 Å². The van der Waals surface area contributed by atoms with Gasteiger partial charge in [-0.15, -0.1) is 0 Å². The highest BCUT2D eigenvalue weighted by Gasteiger charge is 2.30. The second-order valence-corrected chi connectivity index (χ2v) is 4.61. The number of amides is 1. The summed E-state index contributed by atoms with van der Waals surface area (Å²) in [5.41, 5.74) is 5.56. The monoisotopic (exact) mass is 254 g/mol. The van der Waals surface area contributed by atoms with Gasteiger partial charge in [0.05, 0.1) is 5.56 Å². The van der Waals surface area contributed by atoms with Gasteiger partial charge in [0.15, 0.2) is 0 Å². The van der Waals surface area contributed by atoms with Crippen molar-refractivity contribution in [1.29, 1.82) is 0 Å². The molecule has 1 atom stereocenters. The highest BCUT2D eigenvalue weighted by Crippen LogP contribution is 2.22. The van der Waals surface area contributed by atoms with E-state index in [2.05, 4.69) is 0 Å². The normalized spacial score (nSPS) is 19.3. The number of rotatable bonds is 2. The first-order valence-electron chi connectivity index (χ1n) is 6.01. The molecule has 1 aromatic carbocycles. The average Bonchev–Trinajstić information content (AvgIpc) is 2.81. The van der Waals surface area contributed by atoms with Crippen LogP contribution in [0.2, 0.25) is 0 Å². The fraction of sp³-hybridized carbons (Fsp3) is 0.462. The number of likely N-dealkylation sites (tertiary alicyclic amines) is 1. The molecular formula is C13H16F2N2O. The molecule has 1 heterocycles. The molecule has 1 aliphatic rings. The molecule has 0 aliphatic carbocycles. The second kappa shape index (κ2) is 5.02. The van der Waals surface area contributed by atoms with E-state index < -0.39 is 17.5 Å². The van der Waals surface area contributed by atoms with E-state index in [1.807, 2.05) is 0 Å². The Morgan fingerprint density at radius 3 is 2.83 bits per heavy atom. The number of hydrogen-bond acceptors (Lipinski definition) is 2. The quantitative estimate of drug-likeness (QED) is 0.875. The van der Waals surface area contributed by atoms with E-state index in [0.29, 0.717) is 13.1 Å². The Hall–Kier alpha value is -1.49. The number of carbonyl (C=O) groups is 1. The Balaban J connectivity index is 2.31. The van der Waals surface area contributed by atoms with Crippen molar-refractivity contribution >= 4 is 5.91 Å². The molecule has 2 rings (SSSR count). The van der Waals surface area contributed by atoms with Crippen LogP contribution < -0.4 is 5.73 Å². The van der Waals surface area contributed by atoms with Crippen molar-refractivity contribution in [3.8, 4) is 0 Å². The van der Waals surface area contributed by atoms with E-state index in [1.54, 1.807) is 0 Å². The van der Waals surface area contributed by atoms with Crippen LogP contribution in [0, 0.1) is 18.6 Å². The van der Waals surface area contributed by atoms with Crippen LogP contribution in [-0.4, -0.2) is 29.9 Å². The minimum absolute atomic E-state index is 0.0683. The van der Waals surface area contributed by atoms with Gasteiger partial charge in [0.1, 0.15) is 11.6 Å². The van der Waals surface area contributed by atoms with Crippen molar-refractivity contribution in [1.82, 2.24) is 4.90 Å². The highest BCUT2D eigenvalue weighted by molar-refractivity contribution is 5.95. The number of halogens is 2. The second-order valence-electron chi connectivity index (χ2n) is 4.61. The van der Waals surface area contributed by atoms with Gasteiger partial charge in [-0.05, 0) is 37.5 Å². The van der Waals surface area contributed by atoms with Crippen molar-refractivity contribution in [3.63, 3.8) is 0 Å². The minimum Gasteiger partial charge on any atom is -0.334 e. The minimum atomic E-state index is -0.679. The standard InChI is InChI=1S/C13H16F2N2O/c1-8-5-12(15)10(6-11(8)14)13(18)17-4-2-3-9(17)7-16/h5-6,9H,2-4,7,16H2,1H3/t9-/m1/s1. The van der Waals surface area contributed by atoms with E-state index >= 15 is 0 Å². The van der Waals surface area contributed by atoms with E-state index in [4.69, 9.17) is 5.73 Å². The van der Waals surface area contributed by atoms with Crippen molar-refractivity contribution < 1.29 is 13.6 Å². The van der Waals surface area contributed by atoms with E-state index in [1.165, 1.54) is 11.8 Å². The van der Waals surface area contributed by atoms with Crippen LogP contribution in [0.5, 0.6) is 0 Å². The maximum Gasteiger partial charge on any atom is 0.257 e. The number of nitrogens with zero attached hydrogens (tertiary/aromatic N) is 1. The maximum atomic E-state index is 13.7. The summed E-state index contributed by atoms with van der Waals surface area (Å²) < 4.78 is 27.1. The molecule has 98 valence electrons. The van der Waals surface area contributed by atoms with Gasteiger partial charge in [-0.25, -0.2) is 8.78 Å². The Labute approximate surface area is 105 Å². The fourth-order valence-corrected chi connectivity index (χ4v) is 2.31. The van der Waals surface area contributed by atoms with Crippen LogP contribution in [0.1, 0.15) is 28.8 Å². The zero-order valence-corrected chi connectivity index (χ0v) is 10.2. The molecule has 1 amide bonds. The molecule has 1 aliphatic heterocycles. The zero-order chi connectivity index (χ0) is 13.3. The van der Waals surface area contributed by atoms with Gasteiger partial charge in [-0.3, -0.25) is 4.79 Å². The van der Waals surface area contributed by atoms with Gasteiger partial charge < -0.3 is 10.6 Å². The van der Waals surface area contributed by atoms with Gasteiger partial charge >= 0.3 is 0 Å². The Morgan fingerprint density at radius 2 is 2.17 bits per heavy atom. The summed E-state index contributed by atoms with van der Waals surface area (Å²) >= 11 is 0. The van der Waals surface area contributed by atoms with Crippen molar-refractivity contribution in [2.24, 2.45) is 5.73 Å². The SMILES string of the molecule is Cc1cc(F)c(C(=O)N2CCC[C@@H]2CN)cc1F. The molecule has 18 heavy (non-hydrogen) atoms. The first kappa shape index (κ1) is 13.0. The lowest BCUT2D eigenvalue weighted by Crippen LogP contribution is -2.40. The number of aryl methyl sites for hydroxylation is 1. The summed E-state index contributed by atoms with van der Waals surface area (Å²) in [4.78, 5) is 13.7. The third-order valence-electron chi connectivity index (χ3n) is 3.39. The first-order valence-corrected chi connectivity index (χ1v) is 6.01.